The lowest BCUT2D eigenvalue weighted by Crippen LogP contribution is -2.38. The molecule has 2 aliphatic heterocycles. The standard InChI is InChI=1S/C17H26N2O2/c1-2-3-13-6-8-19(9-7-13)11-15(18)14-4-5-16-17(10-14)21-12-20-16/h4-5,10,13,15H,2-3,6-9,11-12,18H2,1H3. The molecule has 21 heavy (non-hydrogen) atoms. The number of ether oxygens (including phenoxy) is 2. The molecule has 1 saturated heterocycles. The maximum atomic E-state index is 6.38. The topological polar surface area (TPSA) is 47.7 Å². The third-order valence-electron chi connectivity index (χ3n) is 4.68. The first-order valence-electron chi connectivity index (χ1n) is 8.13. The van der Waals surface area contributed by atoms with Crippen LogP contribution in [-0.4, -0.2) is 31.3 Å². The molecule has 3 rings (SSSR count). The van der Waals surface area contributed by atoms with Crippen LogP contribution >= 0.6 is 0 Å². The van der Waals surface area contributed by atoms with Gasteiger partial charge in [0.1, 0.15) is 0 Å². The van der Waals surface area contributed by atoms with Gasteiger partial charge in [-0.2, -0.15) is 0 Å². The molecule has 116 valence electrons. The van der Waals surface area contributed by atoms with Gasteiger partial charge in [-0.3, -0.25) is 0 Å². The summed E-state index contributed by atoms with van der Waals surface area (Å²) in [7, 11) is 0. The lowest BCUT2D eigenvalue weighted by Gasteiger charge is -2.33. The molecule has 1 fully saturated rings. The Morgan fingerprint density at radius 2 is 2.00 bits per heavy atom. The van der Waals surface area contributed by atoms with E-state index in [4.69, 9.17) is 15.2 Å². The fraction of sp³-hybridized carbons (Fsp3) is 0.647. The van der Waals surface area contributed by atoms with E-state index in [-0.39, 0.29) is 6.04 Å². The number of fused-ring (bicyclic) bond motifs is 1. The molecule has 1 atom stereocenters. The Hall–Kier alpha value is -1.26. The average Bonchev–Trinajstić information content (AvgIpc) is 2.97. The Morgan fingerprint density at radius 1 is 1.24 bits per heavy atom. The van der Waals surface area contributed by atoms with Gasteiger partial charge in [0.2, 0.25) is 6.79 Å². The van der Waals surface area contributed by atoms with Gasteiger partial charge in [-0.1, -0.05) is 25.8 Å². The average molecular weight is 290 g/mol. The minimum absolute atomic E-state index is 0.0437. The summed E-state index contributed by atoms with van der Waals surface area (Å²) in [5.41, 5.74) is 7.51. The molecule has 1 aromatic rings. The van der Waals surface area contributed by atoms with E-state index in [2.05, 4.69) is 17.9 Å². The Bertz CT molecular complexity index is 470. The summed E-state index contributed by atoms with van der Waals surface area (Å²) >= 11 is 0. The Morgan fingerprint density at radius 3 is 2.76 bits per heavy atom. The van der Waals surface area contributed by atoms with Crippen LogP contribution in [0.4, 0.5) is 0 Å². The Labute approximate surface area is 127 Å². The molecular weight excluding hydrogens is 264 g/mol. The molecule has 0 saturated carbocycles. The minimum atomic E-state index is 0.0437. The molecule has 4 heteroatoms. The molecule has 0 amide bonds. The summed E-state index contributed by atoms with van der Waals surface area (Å²) in [6.45, 7) is 5.89. The smallest absolute Gasteiger partial charge is 0.231 e. The molecular formula is C17H26N2O2. The van der Waals surface area contributed by atoms with Crippen LogP contribution in [0, 0.1) is 5.92 Å². The van der Waals surface area contributed by atoms with Crippen molar-refractivity contribution < 1.29 is 9.47 Å². The number of benzene rings is 1. The zero-order chi connectivity index (χ0) is 14.7. The quantitative estimate of drug-likeness (QED) is 0.906. The third-order valence-corrected chi connectivity index (χ3v) is 4.68. The van der Waals surface area contributed by atoms with Gasteiger partial charge in [0.15, 0.2) is 11.5 Å². The molecule has 4 nitrogen and oxygen atoms in total. The molecule has 1 unspecified atom stereocenters. The van der Waals surface area contributed by atoms with Crippen LogP contribution < -0.4 is 15.2 Å². The molecule has 2 N–H and O–H groups in total. The zero-order valence-electron chi connectivity index (χ0n) is 12.9. The van der Waals surface area contributed by atoms with Crippen molar-refractivity contribution in [3.05, 3.63) is 23.8 Å². The summed E-state index contributed by atoms with van der Waals surface area (Å²) < 4.78 is 10.8. The highest BCUT2D eigenvalue weighted by molar-refractivity contribution is 5.45. The number of hydrogen-bond donors (Lipinski definition) is 1. The van der Waals surface area contributed by atoms with Crippen LogP contribution in [0.2, 0.25) is 0 Å². The number of nitrogens with zero attached hydrogens (tertiary/aromatic N) is 1. The van der Waals surface area contributed by atoms with E-state index in [0.29, 0.717) is 6.79 Å². The molecule has 0 bridgehead atoms. The number of hydrogen-bond acceptors (Lipinski definition) is 4. The van der Waals surface area contributed by atoms with Crippen molar-refractivity contribution >= 4 is 0 Å². The monoisotopic (exact) mass is 290 g/mol. The second-order valence-corrected chi connectivity index (χ2v) is 6.25. The van der Waals surface area contributed by atoms with Crippen LogP contribution in [-0.2, 0) is 0 Å². The van der Waals surface area contributed by atoms with Crippen molar-refractivity contribution in [2.24, 2.45) is 11.7 Å². The van der Waals surface area contributed by atoms with Gasteiger partial charge in [0, 0.05) is 12.6 Å². The molecule has 2 aliphatic rings. The largest absolute Gasteiger partial charge is 0.454 e. The van der Waals surface area contributed by atoms with E-state index in [1.807, 2.05) is 12.1 Å². The van der Waals surface area contributed by atoms with Crippen LogP contribution in [0.3, 0.4) is 0 Å². The van der Waals surface area contributed by atoms with E-state index in [9.17, 15) is 0 Å². The number of piperidine rings is 1. The van der Waals surface area contributed by atoms with Gasteiger partial charge in [-0.25, -0.2) is 0 Å². The molecule has 0 radical (unpaired) electrons. The van der Waals surface area contributed by atoms with Crippen LogP contribution in [0.15, 0.2) is 18.2 Å². The normalized spacial score (nSPS) is 20.7. The number of likely N-dealkylation sites (tertiary alicyclic amines) is 1. The predicted molar refractivity (Wildman–Crippen MR) is 83.6 cm³/mol. The van der Waals surface area contributed by atoms with E-state index < -0.39 is 0 Å². The Balaban J connectivity index is 1.53. The SMILES string of the molecule is CCCC1CCN(CC(N)c2ccc3c(c2)OCO3)CC1. The molecule has 0 aromatic heterocycles. The summed E-state index contributed by atoms with van der Waals surface area (Å²) in [6.07, 6.45) is 5.33. The first-order chi connectivity index (χ1) is 10.3. The van der Waals surface area contributed by atoms with Crippen molar-refractivity contribution in [3.63, 3.8) is 0 Å². The van der Waals surface area contributed by atoms with Gasteiger partial charge in [-0.15, -0.1) is 0 Å². The minimum Gasteiger partial charge on any atom is -0.454 e. The number of nitrogens with two attached hydrogens (primary N) is 1. The maximum absolute atomic E-state index is 6.38. The van der Waals surface area contributed by atoms with Gasteiger partial charge in [0.05, 0.1) is 0 Å². The van der Waals surface area contributed by atoms with Gasteiger partial charge in [-0.05, 0) is 49.5 Å². The predicted octanol–water partition coefficient (Wildman–Crippen LogP) is 2.93. The van der Waals surface area contributed by atoms with Crippen molar-refractivity contribution in [2.75, 3.05) is 26.4 Å². The Kier molecular flexibility index (Phi) is 4.66. The first-order valence-corrected chi connectivity index (χ1v) is 8.13. The molecule has 2 heterocycles. The van der Waals surface area contributed by atoms with E-state index in [0.717, 1.165) is 29.5 Å². The fourth-order valence-electron chi connectivity index (χ4n) is 3.39. The lowest BCUT2D eigenvalue weighted by atomic mass is 9.92. The highest BCUT2D eigenvalue weighted by Crippen LogP contribution is 2.34. The van der Waals surface area contributed by atoms with E-state index in [1.165, 1.54) is 38.8 Å². The first kappa shape index (κ1) is 14.7. The van der Waals surface area contributed by atoms with Crippen LogP contribution in [0.25, 0.3) is 0 Å². The highest BCUT2D eigenvalue weighted by atomic mass is 16.7. The van der Waals surface area contributed by atoms with Gasteiger partial charge < -0.3 is 20.1 Å². The van der Waals surface area contributed by atoms with Crippen molar-refractivity contribution in [3.8, 4) is 11.5 Å². The lowest BCUT2D eigenvalue weighted by molar-refractivity contribution is 0.170. The second kappa shape index (κ2) is 6.67. The van der Waals surface area contributed by atoms with Crippen molar-refractivity contribution in [1.29, 1.82) is 0 Å². The third kappa shape index (κ3) is 3.50. The maximum Gasteiger partial charge on any atom is 0.231 e. The summed E-state index contributed by atoms with van der Waals surface area (Å²) in [5.74, 6) is 2.57. The summed E-state index contributed by atoms with van der Waals surface area (Å²) in [6, 6.07) is 6.09. The molecule has 1 aromatic carbocycles. The summed E-state index contributed by atoms with van der Waals surface area (Å²) in [4.78, 5) is 2.50. The fourth-order valence-corrected chi connectivity index (χ4v) is 3.39. The molecule has 0 aliphatic carbocycles. The second-order valence-electron chi connectivity index (χ2n) is 6.25. The van der Waals surface area contributed by atoms with E-state index in [1.54, 1.807) is 0 Å². The summed E-state index contributed by atoms with van der Waals surface area (Å²) in [5, 5.41) is 0. The highest BCUT2D eigenvalue weighted by Gasteiger charge is 2.21. The van der Waals surface area contributed by atoms with Gasteiger partial charge in [0.25, 0.3) is 0 Å². The zero-order valence-corrected chi connectivity index (χ0v) is 12.9. The molecule has 0 spiro atoms. The van der Waals surface area contributed by atoms with Crippen LogP contribution in [0.1, 0.15) is 44.2 Å². The van der Waals surface area contributed by atoms with E-state index >= 15 is 0 Å². The van der Waals surface area contributed by atoms with Crippen LogP contribution in [0.5, 0.6) is 11.5 Å². The van der Waals surface area contributed by atoms with Gasteiger partial charge >= 0.3 is 0 Å². The van der Waals surface area contributed by atoms with Crippen molar-refractivity contribution in [2.45, 2.75) is 38.6 Å². The number of rotatable bonds is 5. The van der Waals surface area contributed by atoms with Crippen molar-refractivity contribution in [1.82, 2.24) is 4.90 Å².